The highest BCUT2D eigenvalue weighted by Crippen LogP contribution is 2.28. The summed E-state index contributed by atoms with van der Waals surface area (Å²) in [5.41, 5.74) is 2.40. The number of benzene rings is 1. The van der Waals surface area contributed by atoms with Gasteiger partial charge in [-0.25, -0.2) is 0 Å². The molecule has 21 heavy (non-hydrogen) atoms. The molecule has 0 fully saturated rings. The van der Waals surface area contributed by atoms with E-state index in [1.165, 1.54) is 11.1 Å². The second kappa shape index (κ2) is 8.27. The van der Waals surface area contributed by atoms with Gasteiger partial charge in [0.2, 0.25) is 0 Å². The smallest absolute Gasteiger partial charge is 0.161 e. The molecule has 4 heteroatoms. The number of hydrogen-bond acceptors (Lipinski definition) is 4. The summed E-state index contributed by atoms with van der Waals surface area (Å²) < 4.78 is 11.5. The van der Waals surface area contributed by atoms with Crippen LogP contribution in [0.3, 0.4) is 0 Å². The summed E-state index contributed by atoms with van der Waals surface area (Å²) in [5.74, 6) is 1.60. The second-order valence-electron chi connectivity index (χ2n) is 4.70. The molecule has 0 aliphatic rings. The number of ether oxygens (including phenoxy) is 2. The van der Waals surface area contributed by atoms with Gasteiger partial charge in [-0.2, -0.15) is 0 Å². The van der Waals surface area contributed by atoms with Gasteiger partial charge in [-0.05, 0) is 49.4 Å². The molecule has 0 bridgehead atoms. The Morgan fingerprint density at radius 2 is 1.81 bits per heavy atom. The highest BCUT2D eigenvalue weighted by Gasteiger charge is 2.06. The largest absolute Gasteiger partial charge is 0.490 e. The maximum atomic E-state index is 5.86. The number of nitrogens with one attached hydrogen (secondary N) is 1. The van der Waals surface area contributed by atoms with Crippen LogP contribution in [0, 0.1) is 0 Å². The highest BCUT2D eigenvalue weighted by atomic mass is 16.5. The van der Waals surface area contributed by atoms with Gasteiger partial charge in [0.15, 0.2) is 11.5 Å². The topological polar surface area (TPSA) is 43.4 Å². The van der Waals surface area contributed by atoms with Crippen LogP contribution >= 0.6 is 0 Å². The molecular weight excluding hydrogens is 264 g/mol. The van der Waals surface area contributed by atoms with Gasteiger partial charge in [0.1, 0.15) is 0 Å². The van der Waals surface area contributed by atoms with Crippen molar-refractivity contribution < 1.29 is 9.47 Å². The van der Waals surface area contributed by atoms with E-state index < -0.39 is 0 Å². The van der Waals surface area contributed by atoms with Crippen molar-refractivity contribution in [2.75, 3.05) is 20.3 Å². The maximum Gasteiger partial charge on any atom is 0.161 e. The van der Waals surface area contributed by atoms with Crippen molar-refractivity contribution in [3.63, 3.8) is 0 Å². The molecule has 0 aliphatic heterocycles. The molecule has 1 heterocycles. The molecule has 0 radical (unpaired) electrons. The molecule has 2 rings (SSSR count). The fourth-order valence-electron chi connectivity index (χ4n) is 2.08. The summed E-state index contributed by atoms with van der Waals surface area (Å²) in [5, 5.41) is 3.14. The molecule has 0 amide bonds. The van der Waals surface area contributed by atoms with E-state index in [0.29, 0.717) is 13.2 Å². The third-order valence-electron chi connectivity index (χ3n) is 3.09. The Morgan fingerprint density at radius 1 is 1.00 bits per heavy atom. The van der Waals surface area contributed by atoms with E-state index in [2.05, 4.69) is 16.4 Å². The lowest BCUT2D eigenvalue weighted by Crippen LogP contribution is -2.07. The van der Waals surface area contributed by atoms with Crippen molar-refractivity contribution in [2.24, 2.45) is 0 Å². The van der Waals surface area contributed by atoms with Crippen molar-refractivity contribution in [1.29, 1.82) is 0 Å². The maximum absolute atomic E-state index is 5.86. The molecule has 1 aromatic heterocycles. The standard InChI is InChI=1S/C17H22N2O2/c1-3-20-17-12-15(13-18-2)4-5-16(17)21-11-8-14-6-9-19-10-7-14/h4-7,9-10,12,18H,3,8,11,13H2,1-2H3. The minimum atomic E-state index is 0.620. The normalized spacial score (nSPS) is 10.4. The van der Waals surface area contributed by atoms with E-state index in [1.54, 1.807) is 12.4 Å². The Labute approximate surface area is 126 Å². The molecule has 2 aromatic rings. The number of hydrogen-bond donors (Lipinski definition) is 1. The lowest BCUT2D eigenvalue weighted by Gasteiger charge is -2.13. The molecule has 112 valence electrons. The van der Waals surface area contributed by atoms with Crippen LogP contribution < -0.4 is 14.8 Å². The Hall–Kier alpha value is -2.07. The molecule has 0 atom stereocenters. The van der Waals surface area contributed by atoms with Crippen molar-refractivity contribution in [2.45, 2.75) is 19.9 Å². The Bertz CT molecular complexity index is 544. The summed E-state index contributed by atoms with van der Waals surface area (Å²) in [6, 6.07) is 10.1. The monoisotopic (exact) mass is 286 g/mol. The average molecular weight is 286 g/mol. The summed E-state index contributed by atoms with van der Waals surface area (Å²) in [6.45, 7) is 4.04. The summed E-state index contributed by atoms with van der Waals surface area (Å²) in [4.78, 5) is 4.01. The van der Waals surface area contributed by atoms with Crippen LogP contribution in [0.15, 0.2) is 42.7 Å². The quantitative estimate of drug-likeness (QED) is 0.810. The van der Waals surface area contributed by atoms with E-state index in [0.717, 1.165) is 24.5 Å². The zero-order valence-corrected chi connectivity index (χ0v) is 12.6. The van der Waals surface area contributed by atoms with Gasteiger partial charge in [0.05, 0.1) is 13.2 Å². The first-order valence-electron chi connectivity index (χ1n) is 7.25. The van der Waals surface area contributed by atoms with Gasteiger partial charge in [-0.15, -0.1) is 0 Å². The molecule has 0 saturated heterocycles. The molecule has 4 nitrogen and oxygen atoms in total. The number of nitrogens with zero attached hydrogens (tertiary/aromatic N) is 1. The molecule has 0 aliphatic carbocycles. The number of aromatic nitrogens is 1. The Balaban J connectivity index is 1.98. The Kier molecular flexibility index (Phi) is 6.03. The highest BCUT2D eigenvalue weighted by molar-refractivity contribution is 5.43. The van der Waals surface area contributed by atoms with Crippen LogP contribution in [0.2, 0.25) is 0 Å². The van der Waals surface area contributed by atoms with Crippen LogP contribution in [-0.4, -0.2) is 25.2 Å². The van der Waals surface area contributed by atoms with E-state index in [9.17, 15) is 0 Å². The van der Waals surface area contributed by atoms with Crippen LogP contribution in [0.25, 0.3) is 0 Å². The van der Waals surface area contributed by atoms with Crippen LogP contribution in [0.5, 0.6) is 11.5 Å². The van der Waals surface area contributed by atoms with E-state index in [4.69, 9.17) is 9.47 Å². The van der Waals surface area contributed by atoms with E-state index in [1.807, 2.05) is 38.2 Å². The summed E-state index contributed by atoms with van der Waals surface area (Å²) in [6.07, 6.45) is 4.45. The number of rotatable bonds is 8. The second-order valence-corrected chi connectivity index (χ2v) is 4.70. The third-order valence-corrected chi connectivity index (χ3v) is 3.09. The molecule has 0 spiro atoms. The lowest BCUT2D eigenvalue weighted by atomic mass is 10.2. The SMILES string of the molecule is CCOc1cc(CNC)ccc1OCCc1ccncc1. The van der Waals surface area contributed by atoms with Gasteiger partial charge in [-0.3, -0.25) is 4.98 Å². The van der Waals surface area contributed by atoms with Crippen LogP contribution in [0.1, 0.15) is 18.1 Å². The molecule has 0 saturated carbocycles. The van der Waals surface area contributed by atoms with Gasteiger partial charge in [-0.1, -0.05) is 6.07 Å². The lowest BCUT2D eigenvalue weighted by molar-refractivity contribution is 0.279. The summed E-state index contributed by atoms with van der Waals surface area (Å²) in [7, 11) is 1.93. The molecule has 1 N–H and O–H groups in total. The van der Waals surface area contributed by atoms with Crippen molar-refractivity contribution in [3.8, 4) is 11.5 Å². The first-order valence-corrected chi connectivity index (χ1v) is 7.25. The van der Waals surface area contributed by atoms with E-state index in [-0.39, 0.29) is 0 Å². The zero-order valence-electron chi connectivity index (χ0n) is 12.6. The zero-order chi connectivity index (χ0) is 14.9. The molecule has 1 aromatic carbocycles. The summed E-state index contributed by atoms with van der Waals surface area (Å²) >= 11 is 0. The van der Waals surface area contributed by atoms with Crippen molar-refractivity contribution in [1.82, 2.24) is 10.3 Å². The van der Waals surface area contributed by atoms with Crippen molar-refractivity contribution in [3.05, 3.63) is 53.9 Å². The third kappa shape index (κ3) is 4.76. The van der Waals surface area contributed by atoms with Crippen LogP contribution in [-0.2, 0) is 13.0 Å². The fraction of sp³-hybridized carbons (Fsp3) is 0.353. The van der Waals surface area contributed by atoms with E-state index >= 15 is 0 Å². The van der Waals surface area contributed by atoms with Gasteiger partial charge in [0, 0.05) is 25.4 Å². The van der Waals surface area contributed by atoms with Gasteiger partial charge >= 0.3 is 0 Å². The van der Waals surface area contributed by atoms with Gasteiger partial charge < -0.3 is 14.8 Å². The van der Waals surface area contributed by atoms with Crippen molar-refractivity contribution >= 4 is 0 Å². The predicted molar refractivity (Wildman–Crippen MR) is 83.8 cm³/mol. The van der Waals surface area contributed by atoms with Crippen LogP contribution in [0.4, 0.5) is 0 Å². The first kappa shape index (κ1) is 15.3. The fourth-order valence-corrected chi connectivity index (χ4v) is 2.08. The minimum absolute atomic E-state index is 0.620. The predicted octanol–water partition coefficient (Wildman–Crippen LogP) is 2.82. The van der Waals surface area contributed by atoms with Gasteiger partial charge in [0.25, 0.3) is 0 Å². The first-order chi connectivity index (χ1) is 10.3. The average Bonchev–Trinajstić information content (AvgIpc) is 2.51. The molecule has 0 unspecified atom stereocenters. The minimum Gasteiger partial charge on any atom is -0.490 e. The Morgan fingerprint density at radius 3 is 2.52 bits per heavy atom. The molecular formula is C17H22N2O2. The number of pyridine rings is 1.